The van der Waals surface area contributed by atoms with Gasteiger partial charge in [-0.05, 0) is 10.7 Å². The topological polar surface area (TPSA) is 0 Å². The van der Waals surface area contributed by atoms with Crippen LogP contribution in [0, 0.1) is 0 Å². The fraction of sp³-hybridized carbons (Fsp3) is 1.00. The molecule has 0 aliphatic carbocycles. The highest BCUT2D eigenvalue weighted by Crippen LogP contribution is 2.60. The molecule has 0 nitrogen and oxygen atoms in total. The van der Waals surface area contributed by atoms with Gasteiger partial charge in [0.2, 0.25) is 0 Å². The fourth-order valence-electron chi connectivity index (χ4n) is 5.97. The largest absolute Gasteiger partial charge is 0.172 e. The minimum Gasteiger partial charge on any atom is -0.172 e. The van der Waals surface area contributed by atoms with Crippen LogP contribution in [0.1, 0.15) is 112 Å². The van der Waals surface area contributed by atoms with Crippen LogP contribution in [0.2, 0.25) is 39.8 Å². The van der Waals surface area contributed by atoms with E-state index in [1.165, 1.54) is 83.1 Å². The van der Waals surface area contributed by atoms with Crippen molar-refractivity contribution >= 4 is 55.2 Å². The molecule has 0 aromatic heterocycles. The molecular weight excluding hydrogens is 472 g/mol. The van der Waals surface area contributed by atoms with Crippen LogP contribution in [0.3, 0.4) is 0 Å². The highest BCUT2D eigenvalue weighted by Gasteiger charge is 2.58. The summed E-state index contributed by atoms with van der Waals surface area (Å²) in [5, 5.41) is 0. The fourth-order valence-corrected chi connectivity index (χ4v) is 38.5. The standard InChI is InChI=1S/C14H31ClSi2.C10H23ClSi2/c1-4-7-10-14(11-8-5-2)16-13-17(14,15)12-9-6-3;1-3-5-7-13(8-6-4-2)9-12(11)10-13/h4-13,16H2,1-3H3;12H,3-10H2,1-2H3. The summed E-state index contributed by atoms with van der Waals surface area (Å²) in [6.45, 7) is 11.6. The Hall–Kier alpha value is 1.45. The van der Waals surface area contributed by atoms with Crippen molar-refractivity contribution < 1.29 is 0 Å². The van der Waals surface area contributed by atoms with E-state index in [-0.39, 0.29) is 9.52 Å². The van der Waals surface area contributed by atoms with Gasteiger partial charge in [0.15, 0.2) is 7.38 Å². The van der Waals surface area contributed by atoms with Crippen molar-refractivity contribution in [3.8, 4) is 0 Å². The van der Waals surface area contributed by atoms with Crippen molar-refractivity contribution in [1.82, 2.24) is 0 Å². The third kappa shape index (κ3) is 8.66. The van der Waals surface area contributed by atoms with Crippen molar-refractivity contribution in [2.45, 2.75) is 151 Å². The van der Waals surface area contributed by atoms with Gasteiger partial charge in [0, 0.05) is 9.52 Å². The summed E-state index contributed by atoms with van der Waals surface area (Å²) in [6.07, 6.45) is 17.0. The van der Waals surface area contributed by atoms with E-state index in [9.17, 15) is 0 Å². The summed E-state index contributed by atoms with van der Waals surface area (Å²) in [5.41, 5.74) is 4.67. The van der Waals surface area contributed by atoms with Gasteiger partial charge in [-0.1, -0.05) is 141 Å². The summed E-state index contributed by atoms with van der Waals surface area (Å²) < 4.78 is 0.774. The molecule has 0 bridgehead atoms. The van der Waals surface area contributed by atoms with Crippen LogP contribution in [0.25, 0.3) is 0 Å². The third-order valence-electron chi connectivity index (χ3n) is 8.32. The van der Waals surface area contributed by atoms with E-state index in [4.69, 9.17) is 22.2 Å². The SMILES string of the molecule is CCCCC1(CCCC)[SiH2]C[Si]1(Cl)CCCC.CCCC[Si]1(CCCC)C[SiH](Cl)C1. The van der Waals surface area contributed by atoms with Gasteiger partial charge in [-0.3, -0.25) is 0 Å². The summed E-state index contributed by atoms with van der Waals surface area (Å²) in [6, 6.07) is 4.62. The van der Waals surface area contributed by atoms with Gasteiger partial charge in [-0.25, -0.2) is 0 Å². The molecule has 1 unspecified atom stereocenters. The maximum atomic E-state index is 7.15. The smallest absolute Gasteiger partial charge is 0.156 e. The van der Waals surface area contributed by atoms with E-state index >= 15 is 0 Å². The molecule has 2 aliphatic rings. The van der Waals surface area contributed by atoms with Crippen molar-refractivity contribution in [2.75, 3.05) is 0 Å². The Kier molecular flexibility index (Phi) is 15.1. The Morgan fingerprint density at radius 1 is 0.733 bits per heavy atom. The van der Waals surface area contributed by atoms with E-state index in [2.05, 4.69) is 34.6 Å². The average molecular weight is 526 g/mol. The Labute approximate surface area is 205 Å². The highest BCUT2D eigenvalue weighted by molar-refractivity contribution is 7.31. The lowest BCUT2D eigenvalue weighted by molar-refractivity contribution is 0.523. The lowest BCUT2D eigenvalue weighted by Gasteiger charge is -2.55. The van der Waals surface area contributed by atoms with Crippen molar-refractivity contribution in [2.24, 2.45) is 0 Å². The van der Waals surface area contributed by atoms with E-state index in [0.717, 1.165) is 4.66 Å². The minimum atomic E-state index is -1.34. The molecule has 0 aromatic carbocycles. The molecule has 1 atom stereocenters. The Bertz CT molecular complexity index is 425. The van der Waals surface area contributed by atoms with Crippen LogP contribution >= 0.6 is 22.2 Å². The second-order valence-electron chi connectivity index (χ2n) is 10.8. The maximum absolute atomic E-state index is 7.15. The van der Waals surface area contributed by atoms with Crippen LogP contribution in [0.5, 0.6) is 0 Å². The monoisotopic (exact) mass is 524 g/mol. The number of rotatable bonds is 15. The molecule has 180 valence electrons. The molecule has 0 aromatic rings. The first-order chi connectivity index (χ1) is 14.4. The first kappa shape index (κ1) is 29.5. The van der Waals surface area contributed by atoms with Gasteiger partial charge in [0.1, 0.15) is 8.11 Å². The number of hydrogen-bond donors (Lipinski definition) is 0. The number of halogens is 2. The Balaban J connectivity index is 0.000000311. The first-order valence-corrected chi connectivity index (χ1v) is 25.0. The first-order valence-electron chi connectivity index (χ1n) is 13.7. The second kappa shape index (κ2) is 15.4. The maximum Gasteiger partial charge on any atom is 0.156 e. The molecule has 0 amide bonds. The van der Waals surface area contributed by atoms with Gasteiger partial charge >= 0.3 is 0 Å². The van der Waals surface area contributed by atoms with Crippen LogP contribution < -0.4 is 0 Å². The molecule has 2 fully saturated rings. The van der Waals surface area contributed by atoms with Crippen LogP contribution in [-0.4, -0.2) is 33.1 Å². The lowest BCUT2D eigenvalue weighted by atomic mass is 10.1. The lowest BCUT2D eigenvalue weighted by Crippen LogP contribution is -2.58. The second-order valence-corrected chi connectivity index (χ2v) is 31.3. The number of hydrogen-bond acceptors (Lipinski definition) is 0. The van der Waals surface area contributed by atoms with E-state index < -0.39 is 23.6 Å². The van der Waals surface area contributed by atoms with Gasteiger partial charge < -0.3 is 0 Å². The highest BCUT2D eigenvalue weighted by atomic mass is 35.6. The molecule has 6 heteroatoms. The van der Waals surface area contributed by atoms with E-state index in [1.807, 2.05) is 0 Å². The molecule has 2 rings (SSSR count). The zero-order valence-electron chi connectivity index (χ0n) is 21.3. The minimum absolute atomic E-state index is 0.169. The van der Waals surface area contributed by atoms with Gasteiger partial charge in [0.05, 0.1) is 8.07 Å². The zero-order chi connectivity index (χ0) is 22.5. The molecule has 0 saturated carbocycles. The van der Waals surface area contributed by atoms with Crippen molar-refractivity contribution in [3.63, 3.8) is 0 Å². The molecule has 30 heavy (non-hydrogen) atoms. The molecule has 0 spiro atoms. The molecule has 2 aliphatic heterocycles. The molecule has 0 radical (unpaired) electrons. The summed E-state index contributed by atoms with van der Waals surface area (Å²) in [5.74, 6) is 0. The quantitative estimate of drug-likeness (QED) is 0.148. The zero-order valence-corrected chi connectivity index (χ0v) is 27.3. The van der Waals surface area contributed by atoms with Crippen molar-refractivity contribution in [1.29, 1.82) is 0 Å². The molecule has 2 heterocycles. The van der Waals surface area contributed by atoms with Crippen LogP contribution in [0.4, 0.5) is 0 Å². The third-order valence-corrected chi connectivity index (χ3v) is 40.7. The molecule has 2 saturated heterocycles. The summed E-state index contributed by atoms with van der Waals surface area (Å²) >= 11 is 13.4. The Morgan fingerprint density at radius 3 is 1.50 bits per heavy atom. The molecular formula is C24H54Cl2Si4. The van der Waals surface area contributed by atoms with E-state index in [0.29, 0.717) is 0 Å². The normalized spacial score (nSPS) is 25.3. The summed E-state index contributed by atoms with van der Waals surface area (Å²) in [4.78, 5) is 0. The number of unbranched alkanes of at least 4 members (excludes halogenated alkanes) is 5. The van der Waals surface area contributed by atoms with Gasteiger partial charge in [0.25, 0.3) is 0 Å². The average Bonchev–Trinajstić information content (AvgIpc) is 2.73. The van der Waals surface area contributed by atoms with Crippen LogP contribution in [0.15, 0.2) is 0 Å². The van der Waals surface area contributed by atoms with E-state index in [1.54, 1.807) is 29.1 Å². The van der Waals surface area contributed by atoms with Crippen molar-refractivity contribution in [3.05, 3.63) is 0 Å². The van der Waals surface area contributed by atoms with Gasteiger partial charge in [-0.15, -0.1) is 0 Å². The van der Waals surface area contributed by atoms with Gasteiger partial charge in [-0.2, -0.15) is 22.2 Å². The summed E-state index contributed by atoms with van der Waals surface area (Å²) in [7, 11) is -2.53. The Morgan fingerprint density at radius 2 is 1.17 bits per heavy atom. The van der Waals surface area contributed by atoms with Crippen LogP contribution in [-0.2, 0) is 0 Å². The predicted octanol–water partition coefficient (Wildman–Crippen LogP) is 9.28. The molecule has 0 N–H and O–H groups in total. The predicted molar refractivity (Wildman–Crippen MR) is 154 cm³/mol.